The van der Waals surface area contributed by atoms with Gasteiger partial charge in [0.15, 0.2) is 9.84 Å². The van der Waals surface area contributed by atoms with Gasteiger partial charge < -0.3 is 5.32 Å². The molecule has 0 heterocycles. The number of benzene rings is 1. The molecule has 21 heavy (non-hydrogen) atoms. The predicted octanol–water partition coefficient (Wildman–Crippen LogP) is 4.06. The van der Waals surface area contributed by atoms with Crippen molar-refractivity contribution in [3.05, 3.63) is 29.3 Å². The quantitative estimate of drug-likeness (QED) is 0.742. The zero-order chi connectivity index (χ0) is 15.9. The maximum atomic E-state index is 12.9. The maximum absolute atomic E-state index is 12.9. The molecule has 0 aromatic heterocycles. The molecule has 0 fully saturated rings. The van der Waals surface area contributed by atoms with Crippen molar-refractivity contribution in [3.63, 3.8) is 0 Å². The third-order valence-corrected chi connectivity index (χ3v) is 6.52. The topological polar surface area (TPSA) is 46.2 Å². The number of hydrogen-bond acceptors (Lipinski definition) is 3. The number of halogens is 1. The van der Waals surface area contributed by atoms with Gasteiger partial charge in [0.25, 0.3) is 0 Å². The molecule has 0 spiro atoms. The molecular weight excluding hydrogens is 306 g/mol. The monoisotopic (exact) mass is 331 g/mol. The molecule has 1 aromatic carbocycles. The van der Waals surface area contributed by atoms with Gasteiger partial charge in [-0.1, -0.05) is 50.9 Å². The molecule has 1 N–H and O–H groups in total. The van der Waals surface area contributed by atoms with E-state index in [2.05, 4.69) is 19.2 Å². The second-order valence-corrected chi connectivity index (χ2v) is 7.81. The zero-order valence-electron chi connectivity index (χ0n) is 13.1. The van der Waals surface area contributed by atoms with Gasteiger partial charge in [0.1, 0.15) is 0 Å². The van der Waals surface area contributed by atoms with E-state index in [0.29, 0.717) is 11.4 Å². The Hall–Kier alpha value is -0.580. The Morgan fingerprint density at radius 1 is 1.14 bits per heavy atom. The molecule has 0 saturated carbocycles. The van der Waals surface area contributed by atoms with Crippen LogP contribution < -0.4 is 5.32 Å². The molecule has 2 atom stereocenters. The summed E-state index contributed by atoms with van der Waals surface area (Å²) in [4.78, 5) is 0.248. The molecular formula is C16H26ClNO2S. The molecule has 0 bridgehead atoms. The summed E-state index contributed by atoms with van der Waals surface area (Å²) in [6.07, 6.45) is 3.37. The first-order chi connectivity index (χ1) is 9.98. The van der Waals surface area contributed by atoms with E-state index in [0.717, 1.165) is 25.8 Å². The van der Waals surface area contributed by atoms with Crippen LogP contribution in [0.3, 0.4) is 0 Å². The van der Waals surface area contributed by atoms with Crippen molar-refractivity contribution in [1.82, 2.24) is 5.32 Å². The normalized spacial score (nSPS) is 14.9. The lowest BCUT2D eigenvalue weighted by Gasteiger charge is -2.27. The summed E-state index contributed by atoms with van der Waals surface area (Å²) in [5, 5.41) is 3.26. The highest BCUT2D eigenvalue weighted by Gasteiger charge is 2.33. The van der Waals surface area contributed by atoms with Gasteiger partial charge in [-0.05, 0) is 37.9 Å². The number of rotatable bonds is 9. The molecule has 1 aromatic rings. The Morgan fingerprint density at radius 2 is 1.81 bits per heavy atom. The molecule has 3 nitrogen and oxygen atoms in total. The Bertz CT molecular complexity index is 531. The van der Waals surface area contributed by atoms with Crippen molar-refractivity contribution in [2.45, 2.75) is 62.6 Å². The van der Waals surface area contributed by atoms with E-state index in [1.54, 1.807) is 24.3 Å². The summed E-state index contributed by atoms with van der Waals surface area (Å²) in [5.41, 5.74) is 0. The van der Waals surface area contributed by atoms with Crippen LogP contribution in [-0.4, -0.2) is 26.3 Å². The standard InChI is InChI=1S/C16H26ClNO2S/c1-4-9-14(18-12-5-2)15(6-3)21(19,20)16-11-8-7-10-13(16)17/h7-8,10-11,14-15,18H,4-6,9,12H2,1-3H3. The lowest BCUT2D eigenvalue weighted by atomic mass is 10.1. The van der Waals surface area contributed by atoms with Crippen LogP contribution in [0.5, 0.6) is 0 Å². The minimum absolute atomic E-state index is 0.0266. The Balaban J connectivity index is 3.13. The van der Waals surface area contributed by atoms with Crippen LogP contribution in [0.4, 0.5) is 0 Å². The molecule has 0 radical (unpaired) electrons. The fourth-order valence-corrected chi connectivity index (χ4v) is 5.12. The Morgan fingerprint density at radius 3 is 2.33 bits per heavy atom. The highest BCUT2D eigenvalue weighted by Crippen LogP contribution is 2.28. The van der Waals surface area contributed by atoms with Crippen LogP contribution in [0.25, 0.3) is 0 Å². The highest BCUT2D eigenvalue weighted by atomic mass is 35.5. The number of nitrogens with one attached hydrogen (secondary N) is 1. The van der Waals surface area contributed by atoms with E-state index in [1.165, 1.54) is 0 Å². The van der Waals surface area contributed by atoms with Gasteiger partial charge in [0.2, 0.25) is 0 Å². The van der Waals surface area contributed by atoms with E-state index in [4.69, 9.17) is 11.6 Å². The summed E-state index contributed by atoms with van der Waals surface area (Å²) in [5.74, 6) is 0. The van der Waals surface area contributed by atoms with Crippen LogP contribution in [-0.2, 0) is 9.84 Å². The fourth-order valence-electron chi connectivity index (χ4n) is 2.62. The van der Waals surface area contributed by atoms with E-state index in [-0.39, 0.29) is 10.9 Å². The number of hydrogen-bond donors (Lipinski definition) is 1. The average Bonchev–Trinajstić information content (AvgIpc) is 2.45. The minimum atomic E-state index is -3.43. The Labute approximate surface area is 134 Å². The smallest absolute Gasteiger partial charge is 0.184 e. The maximum Gasteiger partial charge on any atom is 0.184 e. The molecule has 1 rings (SSSR count). The lowest BCUT2D eigenvalue weighted by Crippen LogP contribution is -2.44. The van der Waals surface area contributed by atoms with Gasteiger partial charge >= 0.3 is 0 Å². The van der Waals surface area contributed by atoms with Crippen LogP contribution in [0.2, 0.25) is 5.02 Å². The summed E-state index contributed by atoms with van der Waals surface area (Å²) in [6.45, 7) is 6.92. The lowest BCUT2D eigenvalue weighted by molar-refractivity contribution is 0.436. The van der Waals surface area contributed by atoms with Crippen molar-refractivity contribution >= 4 is 21.4 Å². The molecule has 2 unspecified atom stereocenters. The molecule has 5 heteroatoms. The summed E-state index contributed by atoms with van der Waals surface area (Å²) in [6, 6.07) is 6.68. The van der Waals surface area contributed by atoms with E-state index < -0.39 is 15.1 Å². The molecule has 0 aliphatic carbocycles. The molecule has 0 saturated heterocycles. The molecule has 0 amide bonds. The first kappa shape index (κ1) is 18.5. The summed E-state index contributed by atoms with van der Waals surface area (Å²) >= 11 is 6.10. The minimum Gasteiger partial charge on any atom is -0.313 e. The third kappa shape index (κ3) is 4.70. The van der Waals surface area contributed by atoms with Crippen molar-refractivity contribution in [2.24, 2.45) is 0 Å². The van der Waals surface area contributed by atoms with Crippen molar-refractivity contribution < 1.29 is 8.42 Å². The van der Waals surface area contributed by atoms with Gasteiger partial charge in [0.05, 0.1) is 15.2 Å². The summed E-state index contributed by atoms with van der Waals surface area (Å²) < 4.78 is 25.9. The molecule has 0 aliphatic rings. The van der Waals surface area contributed by atoms with Crippen LogP contribution in [0, 0.1) is 0 Å². The van der Waals surface area contributed by atoms with E-state index in [1.807, 2.05) is 6.92 Å². The van der Waals surface area contributed by atoms with Crippen molar-refractivity contribution in [3.8, 4) is 0 Å². The Kier molecular flexibility index (Phi) is 7.71. The van der Waals surface area contributed by atoms with Gasteiger partial charge in [-0.2, -0.15) is 0 Å². The van der Waals surface area contributed by atoms with Crippen LogP contribution in [0.1, 0.15) is 46.5 Å². The highest BCUT2D eigenvalue weighted by molar-refractivity contribution is 7.92. The average molecular weight is 332 g/mol. The SMILES string of the molecule is CCCNC(CCC)C(CC)S(=O)(=O)c1ccccc1Cl. The van der Waals surface area contributed by atoms with Crippen LogP contribution >= 0.6 is 11.6 Å². The van der Waals surface area contributed by atoms with Crippen LogP contribution in [0.15, 0.2) is 29.2 Å². The molecule has 0 aliphatic heterocycles. The van der Waals surface area contributed by atoms with Gasteiger partial charge in [-0.15, -0.1) is 0 Å². The first-order valence-corrected chi connectivity index (χ1v) is 9.63. The van der Waals surface area contributed by atoms with E-state index >= 15 is 0 Å². The van der Waals surface area contributed by atoms with Gasteiger partial charge in [0, 0.05) is 6.04 Å². The number of sulfone groups is 1. The first-order valence-electron chi connectivity index (χ1n) is 7.70. The largest absolute Gasteiger partial charge is 0.313 e. The van der Waals surface area contributed by atoms with Crippen molar-refractivity contribution in [2.75, 3.05) is 6.54 Å². The fraction of sp³-hybridized carbons (Fsp3) is 0.625. The van der Waals surface area contributed by atoms with E-state index in [9.17, 15) is 8.42 Å². The van der Waals surface area contributed by atoms with Gasteiger partial charge in [-0.25, -0.2) is 8.42 Å². The summed E-state index contributed by atoms with van der Waals surface area (Å²) in [7, 11) is -3.43. The second-order valence-electron chi connectivity index (χ2n) is 5.27. The second kappa shape index (κ2) is 8.76. The zero-order valence-corrected chi connectivity index (χ0v) is 14.7. The van der Waals surface area contributed by atoms with Gasteiger partial charge in [-0.3, -0.25) is 0 Å². The predicted molar refractivity (Wildman–Crippen MR) is 89.7 cm³/mol. The van der Waals surface area contributed by atoms with Crippen molar-refractivity contribution in [1.29, 1.82) is 0 Å². The molecule has 120 valence electrons. The third-order valence-electron chi connectivity index (χ3n) is 3.65.